The number of ketones is 2. The smallest absolute Gasteiger partial charge is 0.317 e. The Morgan fingerprint density at radius 2 is 1.56 bits per heavy atom. The molecule has 5 aliphatic rings. The molecule has 0 radical (unpaired) electrons. The minimum absolute atomic E-state index is 0.000343. The number of ether oxygens (including phenoxy) is 2. The topological polar surface area (TPSA) is 89.9 Å². The van der Waals surface area contributed by atoms with Crippen molar-refractivity contribution in [2.24, 2.45) is 50.2 Å². The number of benzene rings is 2. The molecule has 52 heavy (non-hydrogen) atoms. The van der Waals surface area contributed by atoms with Crippen LogP contribution in [0.3, 0.4) is 0 Å². The van der Waals surface area contributed by atoms with Crippen molar-refractivity contribution < 1.29 is 29.0 Å². The van der Waals surface area contributed by atoms with Crippen LogP contribution in [0.4, 0.5) is 0 Å². The van der Waals surface area contributed by atoms with Crippen molar-refractivity contribution in [3.05, 3.63) is 77.4 Å². The number of fused-ring (bicyclic) bond motifs is 7. The normalized spacial score (nSPS) is 39.3. The molecule has 0 spiro atoms. The van der Waals surface area contributed by atoms with E-state index in [-0.39, 0.29) is 62.6 Å². The van der Waals surface area contributed by atoms with Crippen molar-refractivity contribution in [1.82, 2.24) is 0 Å². The Balaban J connectivity index is 1.17. The van der Waals surface area contributed by atoms with Crippen LogP contribution in [0.1, 0.15) is 122 Å². The van der Waals surface area contributed by atoms with E-state index in [2.05, 4.69) is 41.5 Å². The molecule has 5 aliphatic carbocycles. The predicted octanol–water partition coefficient (Wildman–Crippen LogP) is 9.84. The summed E-state index contributed by atoms with van der Waals surface area (Å²) in [6, 6.07) is 14.5. The number of carbonyl (C=O) groups is 3. The third kappa shape index (κ3) is 5.48. The summed E-state index contributed by atoms with van der Waals surface area (Å²) < 4.78 is 11.8. The zero-order chi connectivity index (χ0) is 37.5. The zero-order valence-electron chi connectivity index (χ0n) is 32.5. The molecule has 0 heterocycles. The second kappa shape index (κ2) is 12.5. The summed E-state index contributed by atoms with van der Waals surface area (Å²) in [6.07, 6.45) is 12.9. The van der Waals surface area contributed by atoms with Crippen LogP contribution in [0.5, 0.6) is 11.5 Å². The van der Waals surface area contributed by atoms with Gasteiger partial charge in [-0.05, 0) is 133 Å². The van der Waals surface area contributed by atoms with Crippen molar-refractivity contribution in [3.8, 4) is 11.5 Å². The second-order valence-electron chi connectivity index (χ2n) is 19.0. The maximum Gasteiger partial charge on any atom is 0.317 e. The summed E-state index contributed by atoms with van der Waals surface area (Å²) in [5.41, 5.74) is 1.09. The lowest BCUT2D eigenvalue weighted by molar-refractivity contribution is -0.202. The van der Waals surface area contributed by atoms with E-state index in [1.165, 1.54) is 11.6 Å². The first-order valence-electron chi connectivity index (χ1n) is 19.5. The van der Waals surface area contributed by atoms with Crippen LogP contribution in [0.2, 0.25) is 0 Å². The maximum absolute atomic E-state index is 14.7. The summed E-state index contributed by atoms with van der Waals surface area (Å²) >= 11 is 0. The highest BCUT2D eigenvalue weighted by molar-refractivity contribution is 6.06. The van der Waals surface area contributed by atoms with Gasteiger partial charge in [-0.2, -0.15) is 0 Å². The first kappa shape index (κ1) is 36.8. The highest BCUT2D eigenvalue weighted by Gasteiger charge is 2.70. The lowest BCUT2D eigenvalue weighted by Crippen LogP contribution is -2.66. The van der Waals surface area contributed by atoms with Crippen LogP contribution in [-0.4, -0.2) is 35.9 Å². The van der Waals surface area contributed by atoms with Gasteiger partial charge in [-0.3, -0.25) is 14.4 Å². The van der Waals surface area contributed by atoms with E-state index in [4.69, 9.17) is 9.47 Å². The molecule has 2 aromatic carbocycles. The van der Waals surface area contributed by atoms with Crippen molar-refractivity contribution in [1.29, 1.82) is 0 Å². The van der Waals surface area contributed by atoms with E-state index in [0.717, 1.165) is 50.5 Å². The van der Waals surface area contributed by atoms with Crippen molar-refractivity contribution in [2.75, 3.05) is 7.11 Å². The van der Waals surface area contributed by atoms with Crippen LogP contribution >= 0.6 is 0 Å². The lowest BCUT2D eigenvalue weighted by Gasteiger charge is -2.70. The molecule has 9 atom stereocenters. The van der Waals surface area contributed by atoms with Crippen LogP contribution in [0.15, 0.2) is 66.3 Å². The van der Waals surface area contributed by atoms with Gasteiger partial charge in [0, 0.05) is 11.5 Å². The minimum atomic E-state index is -0.753. The van der Waals surface area contributed by atoms with Gasteiger partial charge >= 0.3 is 5.97 Å². The van der Waals surface area contributed by atoms with E-state index in [1.54, 1.807) is 37.5 Å². The van der Waals surface area contributed by atoms with E-state index in [1.807, 2.05) is 37.3 Å². The Hall–Kier alpha value is -3.51. The molecule has 2 aromatic rings. The van der Waals surface area contributed by atoms with Gasteiger partial charge in [-0.25, -0.2) is 0 Å². The largest absolute Gasteiger partial charge is 0.493 e. The average molecular weight is 707 g/mol. The molecule has 6 nitrogen and oxygen atoms in total. The molecule has 1 N–H and O–H groups in total. The molecule has 0 saturated heterocycles. The molecule has 0 aliphatic heterocycles. The second-order valence-corrected chi connectivity index (χ2v) is 19.0. The van der Waals surface area contributed by atoms with Crippen molar-refractivity contribution >= 4 is 23.6 Å². The van der Waals surface area contributed by atoms with Gasteiger partial charge in [0.15, 0.2) is 23.1 Å². The third-order valence-corrected chi connectivity index (χ3v) is 15.9. The highest BCUT2D eigenvalue weighted by atomic mass is 16.6. The summed E-state index contributed by atoms with van der Waals surface area (Å²) in [6.45, 7) is 16.0. The van der Waals surface area contributed by atoms with Crippen LogP contribution in [0, 0.1) is 50.2 Å². The molecule has 0 aromatic heterocycles. The zero-order valence-corrected chi connectivity index (χ0v) is 32.5. The van der Waals surface area contributed by atoms with E-state index in [9.17, 15) is 19.5 Å². The number of esters is 1. The fourth-order valence-electron chi connectivity index (χ4n) is 12.3. The molecule has 4 fully saturated rings. The van der Waals surface area contributed by atoms with Gasteiger partial charge in [-0.1, -0.05) is 89.6 Å². The summed E-state index contributed by atoms with van der Waals surface area (Å²) in [5, 5.41) is 11.1. The first-order chi connectivity index (χ1) is 24.4. The summed E-state index contributed by atoms with van der Waals surface area (Å²) in [4.78, 5) is 41.7. The van der Waals surface area contributed by atoms with Crippen LogP contribution in [-0.2, 0) is 9.59 Å². The van der Waals surface area contributed by atoms with Gasteiger partial charge in [0.05, 0.1) is 18.6 Å². The van der Waals surface area contributed by atoms with Crippen molar-refractivity contribution in [3.63, 3.8) is 0 Å². The predicted molar refractivity (Wildman–Crippen MR) is 204 cm³/mol. The Morgan fingerprint density at radius 3 is 2.27 bits per heavy atom. The molecule has 0 amide bonds. The van der Waals surface area contributed by atoms with Gasteiger partial charge in [0.1, 0.15) is 0 Å². The van der Waals surface area contributed by atoms with E-state index in [0.29, 0.717) is 35.8 Å². The molecule has 7 rings (SSSR count). The number of aliphatic hydroxyl groups is 1. The Labute approximate surface area is 310 Å². The standard InChI is InChI=1S/C46H58O6/c1-41(2)37-18-21-46(7)39(44(37,5)20-19-38(41)49)34(48)27-31-32-28-43(4,23-22-42(32,3)24-25-45(31,46)6)40(50)52-36-26-29(15-17-35(36)51-8)14-16-33(47)30-12-10-9-11-13-30/h9-17,26-27,32,37-39,49H,18-25,28H2,1-8H3/b16-14+/t32-,37-,38-,39?,42+,43-,44-,45+,46+/m0/s1. The van der Waals surface area contributed by atoms with Gasteiger partial charge in [0.2, 0.25) is 0 Å². The quantitative estimate of drug-likeness (QED) is 0.139. The number of methoxy groups -OCH3 is 1. The SMILES string of the molecule is COc1ccc(/C=C/C(=O)c2ccccc2)cc1OC(=O)[C@@]1(C)CC[C@]2(C)CC[C@]3(C)C(=CC(=O)C4[C@@]5(C)CC[C@H](O)C(C)(C)[C@@H]5CC[C@]43C)[C@@H]2C1. The van der Waals surface area contributed by atoms with E-state index < -0.39 is 5.41 Å². The monoisotopic (exact) mass is 706 g/mol. The highest BCUT2D eigenvalue weighted by Crippen LogP contribution is 2.75. The van der Waals surface area contributed by atoms with Crippen LogP contribution < -0.4 is 9.47 Å². The van der Waals surface area contributed by atoms with Gasteiger partial charge < -0.3 is 14.6 Å². The average Bonchev–Trinajstić information content (AvgIpc) is 3.11. The molecule has 0 bridgehead atoms. The Kier molecular flexibility index (Phi) is 8.88. The summed E-state index contributed by atoms with van der Waals surface area (Å²) in [7, 11) is 1.56. The Morgan fingerprint density at radius 1 is 0.846 bits per heavy atom. The number of allylic oxidation sites excluding steroid dienone is 3. The number of hydrogen-bond acceptors (Lipinski definition) is 6. The molecule has 6 heteroatoms. The van der Waals surface area contributed by atoms with E-state index >= 15 is 0 Å². The number of aliphatic hydroxyl groups excluding tert-OH is 1. The summed E-state index contributed by atoms with van der Waals surface area (Å²) in [5.74, 6) is 0.954. The molecule has 1 unspecified atom stereocenters. The lowest BCUT2D eigenvalue weighted by atomic mass is 9.33. The number of hydrogen-bond donors (Lipinski definition) is 1. The van der Waals surface area contributed by atoms with Crippen LogP contribution in [0.25, 0.3) is 6.08 Å². The fourth-order valence-corrected chi connectivity index (χ4v) is 12.3. The minimum Gasteiger partial charge on any atom is -0.493 e. The van der Waals surface area contributed by atoms with Crippen molar-refractivity contribution in [2.45, 2.75) is 112 Å². The fraction of sp³-hybridized carbons (Fsp3) is 0.587. The molecular weight excluding hydrogens is 649 g/mol. The molecule has 278 valence electrons. The molecular formula is C46H58O6. The number of carbonyl (C=O) groups excluding carboxylic acids is 3. The first-order valence-corrected chi connectivity index (χ1v) is 19.5. The van der Waals surface area contributed by atoms with Gasteiger partial charge in [0.25, 0.3) is 0 Å². The van der Waals surface area contributed by atoms with Gasteiger partial charge in [-0.15, -0.1) is 0 Å². The third-order valence-electron chi connectivity index (χ3n) is 15.9. The number of rotatable bonds is 6. The Bertz CT molecular complexity index is 1840. The maximum atomic E-state index is 14.7. The molecule has 4 saturated carbocycles.